The average molecular weight is 104 g/mol. The summed E-state index contributed by atoms with van der Waals surface area (Å²) in [4.78, 5) is 0. The van der Waals surface area contributed by atoms with E-state index in [2.05, 4.69) is 11.9 Å². The van der Waals surface area contributed by atoms with Crippen molar-refractivity contribution in [1.29, 1.82) is 0 Å². The highest BCUT2D eigenvalue weighted by atomic mass is 35.5. The van der Waals surface area contributed by atoms with Crippen LogP contribution >= 0.6 is 11.9 Å². The second kappa shape index (κ2) is 87.5. The highest BCUT2D eigenvalue weighted by Crippen LogP contribution is 1.12. The lowest BCUT2D eigenvalue weighted by Gasteiger charge is -1.54. The Kier molecular flexibility index (Phi) is 536. The quantitative estimate of drug-likeness (QED) is 0.457. The summed E-state index contributed by atoms with van der Waals surface area (Å²) in [5.74, 6) is 0. The van der Waals surface area contributed by atoms with Crippen molar-refractivity contribution in [2.75, 3.05) is 0 Å². The maximum Gasteiger partial charge on any atom is 1.00 e. The molecule has 0 saturated heterocycles. The van der Waals surface area contributed by atoms with Crippen LogP contribution in [0.25, 0.3) is 0 Å². The zero-order chi connectivity index (χ0) is 2.00. The zero-order valence-corrected chi connectivity index (χ0v) is 3.38. The second-order valence-electron chi connectivity index (χ2n) is 0. The first-order chi connectivity index (χ1) is 1.00. The molecule has 0 aliphatic carbocycles. The minimum Gasteiger partial charge on any atom is -0.769 e. The van der Waals surface area contributed by atoms with Crippen LogP contribution in [0.4, 0.5) is 0 Å². The third-order valence-electron chi connectivity index (χ3n) is 0. The molecule has 28 valence electrons. The maximum atomic E-state index is 7.72. The van der Waals surface area contributed by atoms with Gasteiger partial charge in [0.25, 0.3) is 0 Å². The van der Waals surface area contributed by atoms with Crippen molar-refractivity contribution >= 4 is 11.9 Å². The lowest BCUT2D eigenvalue weighted by molar-refractivity contribution is -0.166. The first-order valence-electron chi connectivity index (χ1n) is 0.154. The average Bonchev–Trinajstić information content (AvgIpc) is 1.00. The van der Waals surface area contributed by atoms with Gasteiger partial charge in [-0.15, -0.1) is 0 Å². The SMILES string of the molecule is N.[Cl+].[O-]Cl. The molecule has 3 N–H and O–H groups in total. The van der Waals surface area contributed by atoms with Crippen molar-refractivity contribution in [3.05, 3.63) is 0 Å². The lowest BCUT2D eigenvalue weighted by atomic mass is 14.0. The molecule has 0 aromatic rings. The van der Waals surface area contributed by atoms with Gasteiger partial charge in [-0.3, -0.25) is 0 Å². The van der Waals surface area contributed by atoms with Gasteiger partial charge in [0.2, 0.25) is 0 Å². The summed E-state index contributed by atoms with van der Waals surface area (Å²) in [7, 11) is 0. The van der Waals surface area contributed by atoms with Crippen LogP contribution in [-0.4, -0.2) is 0 Å². The van der Waals surface area contributed by atoms with Gasteiger partial charge in [-0.05, 0) is 0 Å². The van der Waals surface area contributed by atoms with Gasteiger partial charge in [0.15, 0.2) is 0 Å². The number of halogens is 2. The van der Waals surface area contributed by atoms with Crippen LogP contribution < -0.4 is 10.8 Å². The molecule has 0 spiro atoms. The minimum atomic E-state index is 0. The Bertz CT molecular complexity index is 6.00. The Morgan fingerprint density at radius 3 is 1.25 bits per heavy atom. The summed E-state index contributed by atoms with van der Waals surface area (Å²) in [6.45, 7) is 0. The van der Waals surface area contributed by atoms with Crippen LogP contribution in [0.15, 0.2) is 0 Å². The molecule has 2 nitrogen and oxygen atoms in total. The predicted molar refractivity (Wildman–Crippen MR) is 10.9 cm³/mol. The van der Waals surface area contributed by atoms with Crippen LogP contribution in [0.3, 0.4) is 0 Å². The van der Waals surface area contributed by atoms with Gasteiger partial charge < -0.3 is 10.8 Å². The van der Waals surface area contributed by atoms with Crippen LogP contribution in [-0.2, 0) is 0 Å². The van der Waals surface area contributed by atoms with Gasteiger partial charge in [0.05, 0.1) is 0 Å². The monoisotopic (exact) mass is 103 g/mol. The lowest BCUT2D eigenvalue weighted by Crippen LogP contribution is -1.62. The van der Waals surface area contributed by atoms with Crippen LogP contribution in [0.1, 0.15) is 0 Å². The van der Waals surface area contributed by atoms with Gasteiger partial charge in [-0.1, -0.05) is 0 Å². The molecule has 0 saturated carbocycles. The van der Waals surface area contributed by atoms with Crippen molar-refractivity contribution in [2.24, 2.45) is 0 Å². The zero-order valence-electron chi connectivity index (χ0n) is 1.87. The molecule has 0 aliphatic rings. The number of rotatable bonds is 0. The largest absolute Gasteiger partial charge is 1.00 e. The fraction of sp³-hybridized carbons (Fsp3) is 0. The Morgan fingerprint density at radius 1 is 1.25 bits per heavy atom. The van der Waals surface area contributed by atoms with E-state index in [0.29, 0.717) is 0 Å². The first-order valence-corrected chi connectivity index (χ1v) is 0.463. The van der Waals surface area contributed by atoms with Gasteiger partial charge >= 0.3 is 12.4 Å². The van der Waals surface area contributed by atoms with E-state index in [1.807, 2.05) is 0 Å². The Morgan fingerprint density at radius 2 is 1.25 bits per heavy atom. The first kappa shape index (κ1) is 24.5. The normalized spacial score (nSPS) is 1.50. The molecule has 0 amide bonds. The van der Waals surface area contributed by atoms with E-state index in [-0.39, 0.29) is 18.6 Å². The summed E-state index contributed by atoms with van der Waals surface area (Å²) in [5, 5.41) is 0. The van der Waals surface area contributed by atoms with Crippen molar-refractivity contribution in [1.82, 2.24) is 6.15 Å². The molecule has 0 rings (SSSR count). The molecule has 0 atom stereocenters. The summed E-state index contributed by atoms with van der Waals surface area (Å²) in [6, 6.07) is 0. The van der Waals surface area contributed by atoms with Gasteiger partial charge in [-0.2, -0.15) is 0 Å². The topological polar surface area (TPSA) is 58.1 Å². The third-order valence-corrected chi connectivity index (χ3v) is 0. The minimum absolute atomic E-state index is 0. The fourth-order valence-electron chi connectivity index (χ4n) is 0. The highest BCUT2D eigenvalue weighted by molar-refractivity contribution is 6.02. The second-order valence-corrected chi connectivity index (χ2v) is 0. The molecule has 0 bridgehead atoms. The fourth-order valence-corrected chi connectivity index (χ4v) is 0. The third kappa shape index (κ3) is 22.5. The van der Waals surface area contributed by atoms with Gasteiger partial charge in [0.1, 0.15) is 0 Å². The van der Waals surface area contributed by atoms with E-state index >= 15 is 0 Å². The van der Waals surface area contributed by atoms with E-state index in [9.17, 15) is 0 Å². The molecule has 2 radical (unpaired) electrons. The van der Waals surface area contributed by atoms with Crippen LogP contribution in [0, 0.1) is 12.4 Å². The van der Waals surface area contributed by atoms with Crippen molar-refractivity contribution in [3.63, 3.8) is 0 Å². The molecular formula is H3Cl2NO. The molecular weight excluding hydrogens is 101 g/mol. The molecule has 4 heavy (non-hydrogen) atoms. The van der Waals surface area contributed by atoms with Crippen molar-refractivity contribution < 1.29 is 17.1 Å². The molecule has 0 unspecified atom stereocenters. The number of hydrogen-bond donors (Lipinski definition) is 1. The Labute approximate surface area is 35.9 Å². The van der Waals surface area contributed by atoms with Gasteiger partial charge in [0, 0.05) is 0 Å². The summed E-state index contributed by atoms with van der Waals surface area (Å²) < 4.78 is 7.72. The summed E-state index contributed by atoms with van der Waals surface area (Å²) in [5.41, 5.74) is 0. The molecule has 0 aliphatic heterocycles. The van der Waals surface area contributed by atoms with Crippen LogP contribution in [0.5, 0.6) is 0 Å². The smallest absolute Gasteiger partial charge is 0.769 e. The maximum absolute atomic E-state index is 7.72. The molecule has 0 heterocycles. The molecule has 4 heteroatoms. The van der Waals surface area contributed by atoms with E-state index in [1.165, 1.54) is 0 Å². The highest BCUT2D eigenvalue weighted by Gasteiger charge is 1.00. The Hall–Kier alpha value is 0.500. The Balaban J connectivity index is -0.00000000500. The van der Waals surface area contributed by atoms with Crippen molar-refractivity contribution in [3.8, 4) is 0 Å². The molecule has 0 fully saturated rings. The van der Waals surface area contributed by atoms with Crippen molar-refractivity contribution in [2.45, 2.75) is 0 Å². The number of hydrogen-bond acceptors (Lipinski definition) is 2. The summed E-state index contributed by atoms with van der Waals surface area (Å²) >= 11 is 3.39. The van der Waals surface area contributed by atoms with E-state index in [1.54, 1.807) is 0 Å². The van der Waals surface area contributed by atoms with E-state index in [0.717, 1.165) is 0 Å². The molecule has 0 aromatic carbocycles. The van der Waals surface area contributed by atoms with E-state index in [4.69, 9.17) is 4.66 Å². The predicted octanol–water partition coefficient (Wildman–Crippen LogP) is -0.338. The van der Waals surface area contributed by atoms with Crippen LogP contribution in [0.2, 0.25) is 0 Å². The molecule has 0 aromatic heterocycles. The van der Waals surface area contributed by atoms with E-state index < -0.39 is 0 Å². The van der Waals surface area contributed by atoms with Gasteiger partial charge in [-0.25, -0.2) is 11.9 Å². The standard InChI is InChI=1S/ClO.Cl.H3N/c1-2;;/h;;1H3/q-1;+1;. The summed E-state index contributed by atoms with van der Waals surface area (Å²) in [6.07, 6.45) is 0.